The first-order valence-corrected chi connectivity index (χ1v) is 7.27. The smallest absolute Gasteiger partial charge is 0.123 e. The van der Waals surface area contributed by atoms with Gasteiger partial charge in [-0.2, -0.15) is 0 Å². The number of ether oxygens (including phenoxy) is 1. The van der Waals surface area contributed by atoms with Crippen LogP contribution in [-0.2, 0) is 19.6 Å². The fraction of sp³-hybridized carbons (Fsp3) is 0.400. The van der Waals surface area contributed by atoms with Crippen LogP contribution < -0.4 is 4.74 Å². The molecule has 1 aliphatic rings. The topological polar surface area (TPSA) is 30.3 Å². The summed E-state index contributed by atoms with van der Waals surface area (Å²) in [6, 6.07) is 5.81. The number of fused-ring (bicyclic) bond motifs is 1. The first-order valence-electron chi connectivity index (χ1n) is 6.90. The number of hydrogen-bond donors (Lipinski definition) is 0. The molecule has 0 aliphatic carbocycles. The summed E-state index contributed by atoms with van der Waals surface area (Å²) in [4.78, 5) is 6.78. The van der Waals surface area contributed by atoms with E-state index < -0.39 is 0 Å². The Labute approximate surface area is 123 Å². The molecular formula is C15H18ClN3O. The van der Waals surface area contributed by atoms with Gasteiger partial charge in [-0.25, -0.2) is 4.98 Å². The van der Waals surface area contributed by atoms with Crippen LogP contribution in [0.4, 0.5) is 0 Å². The minimum atomic E-state index is 0.696. The lowest BCUT2D eigenvalue weighted by molar-refractivity contribution is 0.213. The number of halogens is 1. The summed E-state index contributed by atoms with van der Waals surface area (Å²) in [7, 11) is 0. The summed E-state index contributed by atoms with van der Waals surface area (Å²) >= 11 is 6.08. The maximum Gasteiger partial charge on any atom is 0.123 e. The van der Waals surface area contributed by atoms with Crippen LogP contribution in [0.1, 0.15) is 18.3 Å². The van der Waals surface area contributed by atoms with E-state index in [1.165, 1.54) is 0 Å². The van der Waals surface area contributed by atoms with Gasteiger partial charge in [0.15, 0.2) is 0 Å². The molecule has 0 radical (unpaired) electrons. The van der Waals surface area contributed by atoms with Crippen LogP contribution in [0.25, 0.3) is 0 Å². The predicted molar refractivity (Wildman–Crippen MR) is 79.0 cm³/mol. The zero-order valence-corrected chi connectivity index (χ0v) is 12.3. The number of hydrogen-bond acceptors (Lipinski definition) is 3. The first kappa shape index (κ1) is 13.5. The maximum atomic E-state index is 6.08. The van der Waals surface area contributed by atoms with E-state index in [0.717, 1.165) is 48.3 Å². The molecule has 1 aliphatic heterocycles. The third-order valence-electron chi connectivity index (χ3n) is 3.59. The van der Waals surface area contributed by atoms with E-state index in [2.05, 4.69) is 21.4 Å². The second-order valence-electron chi connectivity index (χ2n) is 4.94. The molecule has 106 valence electrons. The maximum absolute atomic E-state index is 6.08. The lowest BCUT2D eigenvalue weighted by Gasteiger charge is -2.19. The van der Waals surface area contributed by atoms with Crippen molar-refractivity contribution in [2.75, 3.05) is 13.2 Å². The van der Waals surface area contributed by atoms with E-state index in [4.69, 9.17) is 16.3 Å². The van der Waals surface area contributed by atoms with Crippen molar-refractivity contribution in [1.82, 2.24) is 14.5 Å². The molecule has 0 saturated carbocycles. The summed E-state index contributed by atoms with van der Waals surface area (Å²) in [5.41, 5.74) is 1.14. The van der Waals surface area contributed by atoms with Gasteiger partial charge < -0.3 is 9.30 Å². The van der Waals surface area contributed by atoms with Crippen LogP contribution in [0.15, 0.2) is 30.6 Å². The number of aromatic nitrogens is 2. The Bertz CT molecular complexity index is 597. The van der Waals surface area contributed by atoms with Crippen molar-refractivity contribution >= 4 is 11.6 Å². The molecule has 2 heterocycles. The summed E-state index contributed by atoms with van der Waals surface area (Å²) < 4.78 is 7.95. The molecule has 20 heavy (non-hydrogen) atoms. The average molecular weight is 292 g/mol. The quantitative estimate of drug-likeness (QED) is 0.871. The summed E-state index contributed by atoms with van der Waals surface area (Å²) in [6.45, 7) is 6.33. The second-order valence-corrected chi connectivity index (χ2v) is 5.38. The van der Waals surface area contributed by atoms with Crippen molar-refractivity contribution in [2.45, 2.75) is 26.6 Å². The lowest BCUT2D eigenvalue weighted by atomic mass is 10.2. The highest BCUT2D eigenvalue weighted by Crippen LogP contribution is 2.26. The number of imidazole rings is 1. The van der Waals surface area contributed by atoms with Crippen molar-refractivity contribution in [1.29, 1.82) is 0 Å². The zero-order chi connectivity index (χ0) is 13.9. The molecule has 0 amide bonds. The largest absolute Gasteiger partial charge is 0.492 e. The van der Waals surface area contributed by atoms with E-state index in [9.17, 15) is 0 Å². The van der Waals surface area contributed by atoms with Gasteiger partial charge in [0.2, 0.25) is 0 Å². The monoisotopic (exact) mass is 291 g/mol. The Morgan fingerprint density at radius 3 is 3.15 bits per heavy atom. The minimum Gasteiger partial charge on any atom is -0.492 e. The molecule has 1 aromatic carbocycles. The third-order valence-corrected chi connectivity index (χ3v) is 3.82. The Morgan fingerprint density at radius 1 is 1.40 bits per heavy atom. The van der Waals surface area contributed by atoms with Crippen molar-refractivity contribution in [3.63, 3.8) is 0 Å². The minimum absolute atomic E-state index is 0.696. The van der Waals surface area contributed by atoms with E-state index in [-0.39, 0.29) is 0 Å². The average Bonchev–Trinajstić information content (AvgIpc) is 2.78. The molecule has 0 fully saturated rings. The van der Waals surface area contributed by atoms with Gasteiger partial charge in [0.1, 0.15) is 18.2 Å². The standard InChI is InChI=1S/C15H18ClN3O/c1-2-19-6-5-17-15(19)11-18-7-8-20-14-4-3-13(16)9-12(14)10-18/h3-6,9H,2,7-8,10-11H2,1H3. The molecule has 5 heteroatoms. The lowest BCUT2D eigenvalue weighted by Crippen LogP contribution is -2.26. The van der Waals surface area contributed by atoms with Crippen LogP contribution in [-0.4, -0.2) is 27.6 Å². The third kappa shape index (κ3) is 2.81. The Morgan fingerprint density at radius 2 is 2.30 bits per heavy atom. The van der Waals surface area contributed by atoms with Gasteiger partial charge >= 0.3 is 0 Å². The van der Waals surface area contributed by atoms with Gasteiger partial charge in [0.05, 0.1) is 6.54 Å². The second kappa shape index (κ2) is 5.85. The molecule has 0 atom stereocenters. The molecule has 0 bridgehead atoms. The highest BCUT2D eigenvalue weighted by molar-refractivity contribution is 6.30. The van der Waals surface area contributed by atoms with Crippen molar-refractivity contribution in [3.05, 3.63) is 47.0 Å². The Kier molecular flexibility index (Phi) is 3.94. The molecule has 3 rings (SSSR count). The van der Waals surface area contributed by atoms with Crippen LogP contribution >= 0.6 is 11.6 Å². The fourth-order valence-corrected chi connectivity index (χ4v) is 2.73. The molecule has 0 unspecified atom stereocenters. The molecule has 0 saturated heterocycles. The first-order chi connectivity index (χ1) is 9.76. The molecule has 1 aromatic heterocycles. The van der Waals surface area contributed by atoms with Gasteiger partial charge in [-0.15, -0.1) is 0 Å². The van der Waals surface area contributed by atoms with E-state index in [1.54, 1.807) is 0 Å². The van der Waals surface area contributed by atoms with E-state index in [1.807, 2.05) is 30.6 Å². The number of nitrogens with zero attached hydrogens (tertiary/aromatic N) is 3. The highest BCUT2D eigenvalue weighted by Gasteiger charge is 2.17. The van der Waals surface area contributed by atoms with Gasteiger partial charge in [-0.05, 0) is 25.1 Å². The van der Waals surface area contributed by atoms with E-state index in [0.29, 0.717) is 6.61 Å². The highest BCUT2D eigenvalue weighted by atomic mass is 35.5. The fourth-order valence-electron chi connectivity index (χ4n) is 2.53. The van der Waals surface area contributed by atoms with Gasteiger partial charge in [-0.1, -0.05) is 11.6 Å². The van der Waals surface area contributed by atoms with Crippen LogP contribution in [0.5, 0.6) is 5.75 Å². The molecule has 2 aromatic rings. The van der Waals surface area contributed by atoms with Crippen molar-refractivity contribution < 1.29 is 4.74 Å². The number of aryl methyl sites for hydroxylation is 1. The Balaban J connectivity index is 1.78. The van der Waals surface area contributed by atoms with Crippen LogP contribution in [0.2, 0.25) is 5.02 Å². The summed E-state index contributed by atoms with van der Waals surface area (Å²) in [5, 5.41) is 0.754. The van der Waals surface area contributed by atoms with E-state index >= 15 is 0 Å². The number of benzene rings is 1. The number of rotatable bonds is 3. The van der Waals surface area contributed by atoms with Gasteiger partial charge in [0.25, 0.3) is 0 Å². The molecular weight excluding hydrogens is 274 g/mol. The Hall–Kier alpha value is -1.52. The van der Waals surface area contributed by atoms with Gasteiger partial charge in [0, 0.05) is 42.6 Å². The van der Waals surface area contributed by atoms with Gasteiger partial charge in [-0.3, -0.25) is 4.90 Å². The molecule has 0 spiro atoms. The van der Waals surface area contributed by atoms with Crippen LogP contribution in [0, 0.1) is 0 Å². The normalized spacial score (nSPS) is 15.5. The molecule has 0 N–H and O–H groups in total. The summed E-state index contributed by atoms with van der Waals surface area (Å²) in [6.07, 6.45) is 3.88. The SMILES string of the molecule is CCn1ccnc1CN1CCOc2ccc(Cl)cc2C1. The van der Waals surface area contributed by atoms with Crippen LogP contribution in [0.3, 0.4) is 0 Å². The van der Waals surface area contributed by atoms with Crippen molar-refractivity contribution in [3.8, 4) is 5.75 Å². The molecule has 4 nitrogen and oxygen atoms in total. The zero-order valence-electron chi connectivity index (χ0n) is 11.6. The summed E-state index contributed by atoms with van der Waals surface area (Å²) in [5.74, 6) is 2.04. The van der Waals surface area contributed by atoms with Crippen molar-refractivity contribution in [2.24, 2.45) is 0 Å². The predicted octanol–water partition coefficient (Wildman–Crippen LogP) is 2.95.